The number of nitrogens with one attached hydrogen (secondary N) is 2. The van der Waals surface area contributed by atoms with Crippen LogP contribution in [0.25, 0.3) is 0 Å². The first-order valence-corrected chi connectivity index (χ1v) is 10.9. The van der Waals surface area contributed by atoms with Crippen molar-refractivity contribution in [1.82, 2.24) is 5.32 Å². The van der Waals surface area contributed by atoms with Gasteiger partial charge in [-0.2, -0.15) is 0 Å². The fraction of sp³-hybridized carbons (Fsp3) is 0.160. The molecule has 2 atom stereocenters. The van der Waals surface area contributed by atoms with E-state index in [4.69, 9.17) is 27.9 Å². The van der Waals surface area contributed by atoms with Gasteiger partial charge in [0.15, 0.2) is 6.10 Å². The van der Waals surface area contributed by atoms with Gasteiger partial charge >= 0.3 is 5.97 Å². The van der Waals surface area contributed by atoms with Crippen LogP contribution >= 0.6 is 23.2 Å². The van der Waals surface area contributed by atoms with E-state index >= 15 is 0 Å². The molecule has 0 aliphatic heterocycles. The van der Waals surface area contributed by atoms with E-state index in [-0.39, 0.29) is 6.42 Å². The average Bonchev–Trinajstić information content (AvgIpc) is 2.79. The van der Waals surface area contributed by atoms with E-state index < -0.39 is 29.9 Å². The summed E-state index contributed by atoms with van der Waals surface area (Å²) in [5, 5.41) is 6.03. The highest BCUT2D eigenvalue weighted by atomic mass is 35.5. The molecule has 0 aliphatic carbocycles. The maximum atomic E-state index is 12.9. The third kappa shape index (κ3) is 7.34. The van der Waals surface area contributed by atoms with Gasteiger partial charge in [-0.3, -0.25) is 9.59 Å². The molecule has 6 nitrogen and oxygen atoms in total. The Kier molecular flexibility index (Phi) is 8.46. The Hall–Kier alpha value is -3.35. The van der Waals surface area contributed by atoms with Gasteiger partial charge in [0.25, 0.3) is 11.8 Å². The molecule has 0 radical (unpaired) electrons. The summed E-state index contributed by atoms with van der Waals surface area (Å²) in [7, 11) is 0. The van der Waals surface area contributed by atoms with Crippen LogP contribution in [0.15, 0.2) is 78.9 Å². The van der Waals surface area contributed by atoms with Crippen LogP contribution < -0.4 is 10.6 Å². The van der Waals surface area contributed by atoms with E-state index in [1.165, 1.54) is 25.1 Å². The molecule has 0 saturated carbocycles. The zero-order valence-corrected chi connectivity index (χ0v) is 19.3. The molecule has 33 heavy (non-hydrogen) atoms. The van der Waals surface area contributed by atoms with Gasteiger partial charge in [0.1, 0.15) is 6.04 Å². The third-order valence-corrected chi connectivity index (χ3v) is 5.14. The van der Waals surface area contributed by atoms with Crippen molar-refractivity contribution in [2.75, 3.05) is 5.32 Å². The smallest absolute Gasteiger partial charge is 0.329 e. The predicted molar refractivity (Wildman–Crippen MR) is 128 cm³/mol. The second kappa shape index (κ2) is 11.5. The Morgan fingerprint density at radius 1 is 0.879 bits per heavy atom. The quantitative estimate of drug-likeness (QED) is 0.445. The molecule has 0 spiro atoms. The minimum Gasteiger partial charge on any atom is -0.451 e. The Morgan fingerprint density at radius 2 is 1.45 bits per heavy atom. The number of rotatable bonds is 8. The van der Waals surface area contributed by atoms with E-state index in [0.29, 0.717) is 21.3 Å². The largest absolute Gasteiger partial charge is 0.451 e. The predicted octanol–water partition coefficient (Wildman–Crippen LogP) is 4.90. The van der Waals surface area contributed by atoms with Crippen LogP contribution in [0.1, 0.15) is 22.8 Å². The molecular formula is C25H22Cl2N2O4. The second-order valence-corrected chi connectivity index (χ2v) is 8.18. The molecule has 2 amide bonds. The third-order valence-electron chi connectivity index (χ3n) is 4.70. The van der Waals surface area contributed by atoms with Crippen LogP contribution in [0, 0.1) is 0 Å². The van der Waals surface area contributed by atoms with Crippen molar-refractivity contribution in [2.24, 2.45) is 0 Å². The zero-order valence-electron chi connectivity index (χ0n) is 17.8. The number of anilines is 1. The van der Waals surface area contributed by atoms with Crippen molar-refractivity contribution >= 4 is 46.7 Å². The summed E-state index contributed by atoms with van der Waals surface area (Å²) in [4.78, 5) is 38.1. The lowest BCUT2D eigenvalue weighted by molar-refractivity contribution is -0.155. The molecule has 8 heteroatoms. The van der Waals surface area contributed by atoms with Gasteiger partial charge in [-0.05, 0) is 42.8 Å². The highest BCUT2D eigenvalue weighted by Crippen LogP contribution is 2.22. The van der Waals surface area contributed by atoms with Gasteiger partial charge in [-0.1, -0.05) is 71.7 Å². The fourth-order valence-electron chi connectivity index (χ4n) is 3.05. The van der Waals surface area contributed by atoms with Gasteiger partial charge in [-0.25, -0.2) is 4.79 Å². The molecule has 170 valence electrons. The Balaban J connectivity index is 1.70. The normalized spacial score (nSPS) is 12.3. The van der Waals surface area contributed by atoms with Crippen LogP contribution in [0.3, 0.4) is 0 Å². The number of carbonyl (C=O) groups excluding carboxylic acids is 3. The molecule has 0 saturated heterocycles. The highest BCUT2D eigenvalue weighted by Gasteiger charge is 2.27. The van der Waals surface area contributed by atoms with E-state index in [9.17, 15) is 14.4 Å². The summed E-state index contributed by atoms with van der Waals surface area (Å²) in [6, 6.07) is 21.3. The molecule has 0 aliphatic rings. The summed E-state index contributed by atoms with van der Waals surface area (Å²) in [6.07, 6.45) is -0.918. The van der Waals surface area contributed by atoms with Crippen LogP contribution in [-0.2, 0) is 20.7 Å². The maximum Gasteiger partial charge on any atom is 0.329 e. The first-order valence-electron chi connectivity index (χ1n) is 10.2. The fourth-order valence-corrected chi connectivity index (χ4v) is 3.58. The molecule has 2 N–H and O–H groups in total. The summed E-state index contributed by atoms with van der Waals surface area (Å²) in [5.41, 5.74) is 1.61. The molecule has 0 heterocycles. The lowest BCUT2D eigenvalue weighted by Crippen LogP contribution is -2.45. The van der Waals surface area contributed by atoms with Gasteiger partial charge in [0.05, 0.1) is 0 Å². The van der Waals surface area contributed by atoms with E-state index in [1.54, 1.807) is 30.3 Å². The molecule has 3 aromatic carbocycles. The van der Waals surface area contributed by atoms with Crippen molar-refractivity contribution in [1.29, 1.82) is 0 Å². The summed E-state index contributed by atoms with van der Waals surface area (Å²) in [6.45, 7) is 1.44. The number of halogens is 2. The first-order chi connectivity index (χ1) is 15.8. The van der Waals surface area contributed by atoms with Crippen molar-refractivity contribution in [3.63, 3.8) is 0 Å². The number of benzene rings is 3. The Bertz CT molecular complexity index is 1100. The van der Waals surface area contributed by atoms with Crippen molar-refractivity contribution in [3.8, 4) is 0 Å². The topological polar surface area (TPSA) is 84.5 Å². The lowest BCUT2D eigenvalue weighted by Gasteiger charge is -2.21. The molecule has 3 aromatic rings. The standard InChI is InChI=1S/C25H22Cl2N2O4/c1-16(23(30)28-21-14-19(26)13-20(27)15-21)33-25(32)22(12-17-8-4-2-5-9-17)29-24(31)18-10-6-3-7-11-18/h2-11,13-16,22H,12H2,1H3,(H,28,30)(H,29,31)/t16-,22-/m1/s1. The van der Waals surface area contributed by atoms with E-state index in [0.717, 1.165) is 5.56 Å². The second-order valence-electron chi connectivity index (χ2n) is 7.31. The van der Waals surface area contributed by atoms with E-state index in [2.05, 4.69) is 10.6 Å². The summed E-state index contributed by atoms with van der Waals surface area (Å²) in [5.74, 6) is -1.71. The minimum atomic E-state index is -1.12. The van der Waals surface area contributed by atoms with Gasteiger partial charge < -0.3 is 15.4 Å². The van der Waals surface area contributed by atoms with Crippen molar-refractivity contribution in [3.05, 3.63) is 100 Å². The molecule has 0 unspecified atom stereocenters. The molecule has 3 rings (SSSR count). The number of carbonyl (C=O) groups is 3. The highest BCUT2D eigenvalue weighted by molar-refractivity contribution is 6.35. The van der Waals surface area contributed by atoms with Crippen molar-refractivity contribution < 1.29 is 19.1 Å². The van der Waals surface area contributed by atoms with Crippen molar-refractivity contribution in [2.45, 2.75) is 25.5 Å². The number of hydrogen-bond acceptors (Lipinski definition) is 4. The average molecular weight is 485 g/mol. The summed E-state index contributed by atoms with van der Waals surface area (Å²) >= 11 is 11.9. The van der Waals surface area contributed by atoms with Gasteiger partial charge in [0.2, 0.25) is 0 Å². The number of hydrogen-bond donors (Lipinski definition) is 2. The SMILES string of the molecule is C[C@@H](OC(=O)[C@@H](Cc1ccccc1)NC(=O)c1ccccc1)C(=O)Nc1cc(Cl)cc(Cl)c1. The Morgan fingerprint density at radius 3 is 2.06 bits per heavy atom. The Labute approximate surface area is 201 Å². The molecule has 0 aromatic heterocycles. The number of esters is 1. The van der Waals surface area contributed by atoms with E-state index in [1.807, 2.05) is 30.3 Å². The molecular weight excluding hydrogens is 463 g/mol. The van der Waals surface area contributed by atoms with Gasteiger partial charge in [-0.15, -0.1) is 0 Å². The monoisotopic (exact) mass is 484 g/mol. The van der Waals surface area contributed by atoms with Crippen LogP contribution in [0.5, 0.6) is 0 Å². The molecule has 0 bridgehead atoms. The van der Waals surface area contributed by atoms with Gasteiger partial charge in [0, 0.05) is 27.7 Å². The molecule has 0 fully saturated rings. The zero-order chi connectivity index (χ0) is 23.8. The first kappa shape index (κ1) is 24.3. The number of ether oxygens (including phenoxy) is 1. The maximum absolute atomic E-state index is 12.9. The number of amides is 2. The minimum absolute atomic E-state index is 0.205. The van der Waals surface area contributed by atoms with Crippen LogP contribution in [0.4, 0.5) is 5.69 Å². The summed E-state index contributed by atoms with van der Waals surface area (Å²) < 4.78 is 5.38. The van der Waals surface area contributed by atoms with Crippen LogP contribution in [0.2, 0.25) is 10.0 Å². The lowest BCUT2D eigenvalue weighted by atomic mass is 10.1. The van der Waals surface area contributed by atoms with Crippen LogP contribution in [-0.4, -0.2) is 29.9 Å².